The van der Waals surface area contributed by atoms with Crippen LogP contribution >= 0.6 is 11.3 Å². The van der Waals surface area contributed by atoms with Gasteiger partial charge in [-0.2, -0.15) is 0 Å². The zero-order valence-electron chi connectivity index (χ0n) is 30.5. The summed E-state index contributed by atoms with van der Waals surface area (Å²) in [5.74, 6) is 0.541. The molecule has 1 aliphatic carbocycles. The third-order valence-electron chi connectivity index (χ3n) is 11.8. The van der Waals surface area contributed by atoms with E-state index < -0.39 is 0 Å². The summed E-state index contributed by atoms with van der Waals surface area (Å²) in [4.78, 5) is 2.45. The Balaban J connectivity index is 1.09. The largest absolute Gasteiger partial charge is 0.309 e. The molecule has 0 bridgehead atoms. The smallest absolute Gasteiger partial charge is 0.0540 e. The third kappa shape index (κ3) is 5.21. The van der Waals surface area contributed by atoms with Gasteiger partial charge < -0.3 is 4.90 Å². The van der Waals surface area contributed by atoms with Crippen LogP contribution in [0.15, 0.2) is 194 Å². The maximum absolute atomic E-state index is 2.49. The molecule has 0 spiro atoms. The molecule has 2 heteroatoms. The van der Waals surface area contributed by atoms with Crippen molar-refractivity contribution in [3.63, 3.8) is 0 Å². The molecule has 0 radical (unpaired) electrons. The lowest BCUT2D eigenvalue weighted by Crippen LogP contribution is -2.17. The van der Waals surface area contributed by atoms with Crippen LogP contribution in [-0.2, 0) is 0 Å². The topological polar surface area (TPSA) is 3.24 Å². The first-order valence-corrected chi connectivity index (χ1v) is 20.0. The molecule has 0 N–H and O–H groups in total. The van der Waals surface area contributed by atoms with Crippen molar-refractivity contribution in [3.05, 3.63) is 211 Å². The van der Waals surface area contributed by atoms with Crippen molar-refractivity contribution in [1.29, 1.82) is 0 Å². The number of benzene rings is 9. The molecule has 1 aromatic heterocycles. The molecule has 0 amide bonds. The van der Waals surface area contributed by atoms with Gasteiger partial charge in [-0.1, -0.05) is 153 Å². The van der Waals surface area contributed by atoms with Crippen LogP contribution in [0.3, 0.4) is 0 Å². The number of fused-ring (bicyclic) bond motifs is 8. The third-order valence-corrected chi connectivity index (χ3v) is 13.0. The minimum atomic E-state index is 0.221. The van der Waals surface area contributed by atoms with Crippen molar-refractivity contribution >= 4 is 70.1 Å². The molecule has 0 saturated carbocycles. The molecule has 55 heavy (non-hydrogen) atoms. The fourth-order valence-corrected chi connectivity index (χ4v) is 10.4. The highest BCUT2D eigenvalue weighted by Gasteiger charge is 2.32. The van der Waals surface area contributed by atoms with Gasteiger partial charge in [-0.3, -0.25) is 0 Å². The highest BCUT2D eigenvalue weighted by atomic mass is 32.1. The van der Waals surface area contributed by atoms with Crippen LogP contribution < -0.4 is 4.90 Å². The first-order valence-electron chi connectivity index (χ1n) is 19.2. The molecular weight excluding hydrogens is 683 g/mol. The van der Waals surface area contributed by atoms with Gasteiger partial charge in [-0.25, -0.2) is 0 Å². The van der Waals surface area contributed by atoms with Gasteiger partial charge in [-0.15, -0.1) is 11.3 Å². The lowest BCUT2D eigenvalue weighted by molar-refractivity contribution is 0.650. The second-order valence-corrected chi connectivity index (χ2v) is 16.0. The second-order valence-electron chi connectivity index (χ2n) is 14.9. The maximum atomic E-state index is 2.49. The molecular formula is C53H37NS. The Morgan fingerprint density at radius 2 is 1.02 bits per heavy atom. The zero-order chi connectivity index (χ0) is 36.5. The van der Waals surface area contributed by atoms with E-state index in [1.807, 2.05) is 11.3 Å². The summed E-state index contributed by atoms with van der Waals surface area (Å²) in [5, 5.41) is 7.61. The van der Waals surface area contributed by atoms with E-state index in [9.17, 15) is 0 Å². The van der Waals surface area contributed by atoms with Crippen LogP contribution in [0.4, 0.5) is 17.1 Å². The fourth-order valence-electron chi connectivity index (χ4n) is 9.28. The van der Waals surface area contributed by atoms with E-state index in [1.165, 1.54) is 92.0 Å². The van der Waals surface area contributed by atoms with Gasteiger partial charge in [0.15, 0.2) is 0 Å². The van der Waals surface area contributed by atoms with Crippen LogP contribution in [-0.4, -0.2) is 0 Å². The van der Waals surface area contributed by atoms with Crippen molar-refractivity contribution < 1.29 is 0 Å². The molecule has 2 unspecified atom stereocenters. The minimum Gasteiger partial charge on any atom is -0.309 e. The molecule has 9 aromatic carbocycles. The van der Waals surface area contributed by atoms with E-state index in [0.29, 0.717) is 5.92 Å². The Morgan fingerprint density at radius 3 is 1.80 bits per heavy atom. The summed E-state index contributed by atoms with van der Waals surface area (Å²) in [6.07, 6.45) is 0. The van der Waals surface area contributed by atoms with Gasteiger partial charge in [0.2, 0.25) is 0 Å². The fraction of sp³-hybridized carbons (Fsp3) is 0.0566. The number of nitrogens with zero attached hydrogens (tertiary/aromatic N) is 1. The number of anilines is 3. The van der Waals surface area contributed by atoms with Gasteiger partial charge >= 0.3 is 0 Å². The van der Waals surface area contributed by atoms with Gasteiger partial charge in [0, 0.05) is 42.6 Å². The monoisotopic (exact) mass is 719 g/mol. The van der Waals surface area contributed by atoms with Crippen molar-refractivity contribution in [2.75, 3.05) is 4.90 Å². The number of thiophene rings is 1. The average Bonchev–Trinajstić information content (AvgIpc) is 3.62. The molecule has 1 nitrogen and oxygen atoms in total. The average molecular weight is 720 g/mol. The first kappa shape index (κ1) is 32.0. The SMILES string of the molecule is CC1c2ccccc2-c2ccc(-c3cccc(N(c4cccc5ccccc45)c4cccc5ccccc45)c3)cc2C1c1ccc2sc3ccccc3c2c1. The van der Waals surface area contributed by atoms with Crippen LogP contribution in [0, 0.1) is 0 Å². The van der Waals surface area contributed by atoms with E-state index in [1.54, 1.807) is 0 Å². The lowest BCUT2D eigenvalue weighted by Gasteiger charge is -2.34. The molecule has 260 valence electrons. The van der Waals surface area contributed by atoms with Crippen molar-refractivity contribution in [2.24, 2.45) is 0 Å². The number of rotatable bonds is 5. The molecule has 11 rings (SSSR count). The molecule has 0 fully saturated rings. The molecule has 1 aliphatic rings. The predicted octanol–water partition coefficient (Wildman–Crippen LogP) is 15.4. The summed E-state index contributed by atoms with van der Waals surface area (Å²) < 4.78 is 2.70. The zero-order valence-corrected chi connectivity index (χ0v) is 31.3. The minimum absolute atomic E-state index is 0.221. The van der Waals surface area contributed by atoms with Crippen molar-refractivity contribution in [1.82, 2.24) is 0 Å². The Kier molecular flexibility index (Phi) is 7.46. The Labute approximate surface area is 325 Å². The highest BCUT2D eigenvalue weighted by Crippen LogP contribution is 2.52. The summed E-state index contributed by atoms with van der Waals surface area (Å²) in [6, 6.07) is 72.1. The molecule has 2 atom stereocenters. The van der Waals surface area contributed by atoms with E-state index in [-0.39, 0.29) is 5.92 Å². The van der Waals surface area contributed by atoms with Crippen LogP contribution in [0.5, 0.6) is 0 Å². The van der Waals surface area contributed by atoms with E-state index in [4.69, 9.17) is 0 Å². The standard InChI is InChI=1S/C53H37NS/c1-34-41-19-6-7-22-44(41)45-29-27-38(32-48(45)53(34)39-28-30-52-47(33-39)46-23-8-9-26-51(46)55-52)37-17-10-18-40(31-37)54(49-24-11-15-35-13-2-4-20-42(35)49)50-25-12-16-36-14-3-5-21-43(36)50/h2-34,53H,1H3. The van der Waals surface area contributed by atoms with Crippen LogP contribution in [0.2, 0.25) is 0 Å². The summed E-state index contributed by atoms with van der Waals surface area (Å²) >= 11 is 1.89. The lowest BCUT2D eigenvalue weighted by atomic mass is 9.69. The van der Waals surface area contributed by atoms with Crippen LogP contribution in [0.1, 0.15) is 35.4 Å². The number of hydrogen-bond donors (Lipinski definition) is 0. The summed E-state index contributed by atoms with van der Waals surface area (Å²) in [5.41, 5.74) is 12.8. The summed E-state index contributed by atoms with van der Waals surface area (Å²) in [6.45, 7) is 2.42. The number of hydrogen-bond acceptors (Lipinski definition) is 2. The first-order chi connectivity index (χ1) is 27.2. The molecule has 10 aromatic rings. The predicted molar refractivity (Wildman–Crippen MR) is 237 cm³/mol. The molecule has 0 aliphatic heterocycles. The van der Waals surface area contributed by atoms with Gasteiger partial charge in [-0.05, 0) is 104 Å². The Bertz CT molecular complexity index is 3010. The van der Waals surface area contributed by atoms with Crippen LogP contribution in [0.25, 0.3) is 64.0 Å². The molecule has 1 heterocycles. The van der Waals surface area contributed by atoms with E-state index in [2.05, 4.69) is 206 Å². The second kappa shape index (κ2) is 12.8. The van der Waals surface area contributed by atoms with E-state index in [0.717, 1.165) is 5.69 Å². The maximum Gasteiger partial charge on any atom is 0.0540 e. The quantitative estimate of drug-likeness (QED) is 0.171. The molecule has 0 saturated heterocycles. The normalized spacial score (nSPS) is 15.0. The highest BCUT2D eigenvalue weighted by molar-refractivity contribution is 7.25. The van der Waals surface area contributed by atoms with Gasteiger partial charge in [0.25, 0.3) is 0 Å². The Morgan fingerprint density at radius 1 is 0.418 bits per heavy atom. The van der Waals surface area contributed by atoms with E-state index >= 15 is 0 Å². The van der Waals surface area contributed by atoms with Gasteiger partial charge in [0.1, 0.15) is 0 Å². The Hall–Kier alpha value is -6.48. The van der Waals surface area contributed by atoms with Crippen molar-refractivity contribution in [2.45, 2.75) is 18.8 Å². The van der Waals surface area contributed by atoms with Gasteiger partial charge in [0.05, 0.1) is 11.4 Å². The van der Waals surface area contributed by atoms with Crippen molar-refractivity contribution in [3.8, 4) is 22.3 Å². The summed E-state index contributed by atoms with van der Waals surface area (Å²) in [7, 11) is 0.